The fraction of sp³-hybridized carbons (Fsp3) is 0.300. The van der Waals surface area contributed by atoms with Crippen molar-refractivity contribution in [2.75, 3.05) is 5.73 Å². The number of anilines is 1. The van der Waals surface area contributed by atoms with Crippen LogP contribution in [-0.2, 0) is 0 Å². The van der Waals surface area contributed by atoms with Gasteiger partial charge in [-0.3, -0.25) is 0 Å². The van der Waals surface area contributed by atoms with Crippen molar-refractivity contribution in [3.8, 4) is 11.3 Å². The Morgan fingerprint density at radius 3 is 2.86 bits per heavy atom. The predicted molar refractivity (Wildman–Crippen MR) is 54.8 cm³/mol. The number of hydrogen-bond acceptors (Lipinski definition) is 3. The predicted octanol–water partition coefficient (Wildman–Crippen LogP) is 2.38. The molecule has 3 N–H and O–H groups in total. The average molecular weight is 191 g/mol. The zero-order chi connectivity index (χ0) is 10.1. The number of aromatic nitrogens is 2. The first-order valence-electron chi connectivity index (χ1n) is 4.58. The molecule has 4 nitrogen and oxygen atoms in total. The number of H-pyrrole nitrogens is 1. The lowest BCUT2D eigenvalue weighted by Gasteiger charge is -2.00. The highest BCUT2D eigenvalue weighted by Crippen LogP contribution is 2.30. The summed E-state index contributed by atoms with van der Waals surface area (Å²) in [4.78, 5) is 7.14. The number of nitrogens with one attached hydrogen (secondary N) is 1. The van der Waals surface area contributed by atoms with Gasteiger partial charge in [-0.2, -0.15) is 4.98 Å². The average Bonchev–Trinajstić information content (AvgIpc) is 2.70. The number of hydrogen-bond donors (Lipinski definition) is 2. The van der Waals surface area contributed by atoms with E-state index < -0.39 is 0 Å². The number of nitrogens with two attached hydrogens (primary N) is 1. The van der Waals surface area contributed by atoms with Gasteiger partial charge in [0, 0.05) is 18.0 Å². The maximum Gasteiger partial charge on any atom is 0.292 e. The van der Waals surface area contributed by atoms with Crippen LogP contribution in [0, 0.1) is 0 Å². The minimum absolute atomic E-state index is 0.227. The van der Waals surface area contributed by atoms with Crippen LogP contribution in [0.4, 0.5) is 6.01 Å². The fourth-order valence-electron chi connectivity index (χ4n) is 1.41. The summed E-state index contributed by atoms with van der Waals surface area (Å²) in [5.74, 6) is 1.07. The second kappa shape index (κ2) is 3.21. The van der Waals surface area contributed by atoms with E-state index in [0.29, 0.717) is 5.92 Å². The van der Waals surface area contributed by atoms with Crippen LogP contribution in [0.3, 0.4) is 0 Å². The quantitative estimate of drug-likeness (QED) is 0.765. The van der Waals surface area contributed by atoms with E-state index in [-0.39, 0.29) is 6.01 Å². The van der Waals surface area contributed by atoms with Crippen molar-refractivity contribution in [2.24, 2.45) is 0 Å². The van der Waals surface area contributed by atoms with Gasteiger partial charge in [0.25, 0.3) is 6.01 Å². The van der Waals surface area contributed by atoms with Gasteiger partial charge in [0.2, 0.25) is 0 Å². The molecule has 2 heterocycles. The SMILES string of the molecule is CC(C)c1nc(N)oc1-c1cc[nH]c1. The highest BCUT2D eigenvalue weighted by molar-refractivity contribution is 5.60. The Balaban J connectivity index is 2.52. The molecular weight excluding hydrogens is 178 g/mol. The molecule has 2 aromatic heterocycles. The molecule has 0 amide bonds. The van der Waals surface area contributed by atoms with E-state index in [9.17, 15) is 0 Å². The van der Waals surface area contributed by atoms with Gasteiger partial charge < -0.3 is 15.1 Å². The molecule has 4 heteroatoms. The third-order valence-electron chi connectivity index (χ3n) is 2.08. The van der Waals surface area contributed by atoms with Crippen LogP contribution in [0.25, 0.3) is 11.3 Å². The summed E-state index contributed by atoms with van der Waals surface area (Å²) in [7, 11) is 0. The molecule has 0 bridgehead atoms. The molecule has 0 atom stereocenters. The highest BCUT2D eigenvalue weighted by atomic mass is 16.4. The Morgan fingerprint density at radius 2 is 2.29 bits per heavy atom. The lowest BCUT2D eigenvalue weighted by Crippen LogP contribution is -1.91. The molecule has 0 unspecified atom stereocenters. The first-order valence-corrected chi connectivity index (χ1v) is 4.58. The zero-order valence-electron chi connectivity index (χ0n) is 8.24. The summed E-state index contributed by atoms with van der Waals surface area (Å²) in [5.41, 5.74) is 7.42. The van der Waals surface area contributed by atoms with Gasteiger partial charge in [0.05, 0.1) is 5.69 Å². The monoisotopic (exact) mass is 191 g/mol. The van der Waals surface area contributed by atoms with Crippen molar-refractivity contribution < 1.29 is 4.42 Å². The molecule has 74 valence electrons. The Hall–Kier alpha value is -1.71. The maximum absolute atomic E-state index is 5.54. The molecular formula is C10H13N3O. The summed E-state index contributed by atoms with van der Waals surface area (Å²) in [5, 5.41) is 0. The van der Waals surface area contributed by atoms with Crippen molar-refractivity contribution >= 4 is 6.01 Å². The van der Waals surface area contributed by atoms with Gasteiger partial charge in [-0.05, 0) is 12.0 Å². The zero-order valence-corrected chi connectivity index (χ0v) is 8.24. The van der Waals surface area contributed by atoms with Crippen LogP contribution in [0.5, 0.6) is 0 Å². The van der Waals surface area contributed by atoms with Crippen LogP contribution in [0.2, 0.25) is 0 Å². The van der Waals surface area contributed by atoms with E-state index in [4.69, 9.17) is 10.2 Å². The molecule has 0 aliphatic rings. The van der Waals surface area contributed by atoms with Crippen molar-refractivity contribution in [2.45, 2.75) is 19.8 Å². The first kappa shape index (κ1) is 8.87. The number of nitrogens with zero attached hydrogens (tertiary/aromatic N) is 1. The molecule has 0 aromatic carbocycles. The van der Waals surface area contributed by atoms with Gasteiger partial charge in [-0.1, -0.05) is 13.8 Å². The number of rotatable bonds is 2. The molecule has 2 aromatic rings. The second-order valence-corrected chi connectivity index (χ2v) is 3.52. The van der Waals surface area contributed by atoms with Crippen molar-refractivity contribution in [3.63, 3.8) is 0 Å². The normalized spacial score (nSPS) is 11.1. The van der Waals surface area contributed by atoms with Crippen LogP contribution < -0.4 is 5.73 Å². The summed E-state index contributed by atoms with van der Waals surface area (Å²) in [6.07, 6.45) is 3.71. The summed E-state index contributed by atoms with van der Waals surface area (Å²) in [6, 6.07) is 2.16. The van der Waals surface area contributed by atoms with Gasteiger partial charge >= 0.3 is 0 Å². The summed E-state index contributed by atoms with van der Waals surface area (Å²) >= 11 is 0. The van der Waals surface area contributed by atoms with Crippen molar-refractivity contribution in [3.05, 3.63) is 24.2 Å². The Labute approximate surface area is 82.1 Å². The first-order chi connectivity index (χ1) is 6.68. The lowest BCUT2D eigenvalue weighted by atomic mass is 10.1. The minimum Gasteiger partial charge on any atom is -0.423 e. The molecule has 0 radical (unpaired) electrons. The summed E-state index contributed by atoms with van der Waals surface area (Å²) in [6.45, 7) is 4.13. The van der Waals surface area contributed by atoms with E-state index in [0.717, 1.165) is 17.0 Å². The molecule has 0 spiro atoms. The minimum atomic E-state index is 0.227. The van der Waals surface area contributed by atoms with E-state index in [1.165, 1.54) is 0 Å². The molecule has 0 saturated carbocycles. The number of aromatic amines is 1. The lowest BCUT2D eigenvalue weighted by molar-refractivity contribution is 0.592. The molecule has 2 rings (SSSR count). The van der Waals surface area contributed by atoms with Crippen LogP contribution in [0.15, 0.2) is 22.9 Å². The number of nitrogen functional groups attached to an aromatic ring is 1. The van der Waals surface area contributed by atoms with Crippen LogP contribution >= 0.6 is 0 Å². The molecule has 0 saturated heterocycles. The van der Waals surface area contributed by atoms with E-state index in [1.54, 1.807) is 0 Å². The Bertz CT molecular complexity index is 415. The van der Waals surface area contributed by atoms with E-state index in [2.05, 4.69) is 23.8 Å². The van der Waals surface area contributed by atoms with Crippen LogP contribution in [0.1, 0.15) is 25.5 Å². The van der Waals surface area contributed by atoms with E-state index in [1.807, 2.05) is 18.5 Å². The molecule has 0 aliphatic heterocycles. The van der Waals surface area contributed by atoms with Crippen molar-refractivity contribution in [1.82, 2.24) is 9.97 Å². The smallest absolute Gasteiger partial charge is 0.292 e. The van der Waals surface area contributed by atoms with Gasteiger partial charge in [0.1, 0.15) is 0 Å². The summed E-state index contributed by atoms with van der Waals surface area (Å²) < 4.78 is 5.37. The maximum atomic E-state index is 5.54. The highest BCUT2D eigenvalue weighted by Gasteiger charge is 2.16. The molecule has 0 aliphatic carbocycles. The van der Waals surface area contributed by atoms with Gasteiger partial charge in [0.15, 0.2) is 5.76 Å². The fourth-order valence-corrected chi connectivity index (χ4v) is 1.41. The van der Waals surface area contributed by atoms with Gasteiger partial charge in [-0.25, -0.2) is 0 Å². The molecule has 14 heavy (non-hydrogen) atoms. The van der Waals surface area contributed by atoms with Gasteiger partial charge in [-0.15, -0.1) is 0 Å². The molecule has 0 fully saturated rings. The third kappa shape index (κ3) is 1.39. The van der Waals surface area contributed by atoms with Crippen LogP contribution in [-0.4, -0.2) is 9.97 Å². The van der Waals surface area contributed by atoms with E-state index >= 15 is 0 Å². The number of oxazole rings is 1. The largest absolute Gasteiger partial charge is 0.423 e. The Kier molecular flexibility index (Phi) is 2.04. The topological polar surface area (TPSA) is 67.8 Å². The second-order valence-electron chi connectivity index (χ2n) is 3.52. The third-order valence-corrected chi connectivity index (χ3v) is 2.08. The Morgan fingerprint density at radius 1 is 1.50 bits per heavy atom. The van der Waals surface area contributed by atoms with Crippen molar-refractivity contribution in [1.29, 1.82) is 0 Å². The standard InChI is InChI=1S/C10H13N3O/c1-6(2)8-9(14-10(11)13-8)7-3-4-12-5-7/h3-6,12H,1-2H3,(H2,11,13).